The molecule has 6 heteroatoms. The van der Waals surface area contributed by atoms with Gasteiger partial charge < -0.3 is 10.2 Å². The molecule has 1 aromatic rings. The highest BCUT2D eigenvalue weighted by atomic mass is 32.2. The van der Waals surface area contributed by atoms with Gasteiger partial charge in [-0.1, -0.05) is 37.8 Å². The predicted molar refractivity (Wildman–Crippen MR) is 105 cm³/mol. The van der Waals surface area contributed by atoms with Crippen LogP contribution in [0.1, 0.15) is 57.8 Å². The van der Waals surface area contributed by atoms with Gasteiger partial charge in [-0.15, -0.1) is 23.5 Å². The third kappa shape index (κ3) is 11.9. The summed E-state index contributed by atoms with van der Waals surface area (Å²) in [6, 6.07) is 8.32. The van der Waals surface area contributed by atoms with Crippen LogP contribution in [0.5, 0.6) is 0 Å². The van der Waals surface area contributed by atoms with Crippen LogP contribution in [0.3, 0.4) is 0 Å². The third-order valence-corrected chi connectivity index (χ3v) is 6.13. The fourth-order valence-electron chi connectivity index (χ4n) is 2.36. The van der Waals surface area contributed by atoms with Crippen molar-refractivity contribution in [3.63, 3.8) is 0 Å². The van der Waals surface area contributed by atoms with E-state index < -0.39 is 11.9 Å². The van der Waals surface area contributed by atoms with E-state index in [-0.39, 0.29) is 12.8 Å². The zero-order valence-corrected chi connectivity index (χ0v) is 16.2. The maximum Gasteiger partial charge on any atom is 0.303 e. The summed E-state index contributed by atoms with van der Waals surface area (Å²) in [5.41, 5.74) is 0. The van der Waals surface area contributed by atoms with E-state index in [0.717, 1.165) is 30.8 Å². The van der Waals surface area contributed by atoms with Crippen LogP contribution in [-0.2, 0) is 9.59 Å². The van der Waals surface area contributed by atoms with Crippen LogP contribution in [0.2, 0.25) is 0 Å². The highest BCUT2D eigenvalue weighted by Gasteiger charge is 2.04. The first-order valence-corrected chi connectivity index (χ1v) is 10.8. The number of hydrogen-bond acceptors (Lipinski definition) is 4. The van der Waals surface area contributed by atoms with Crippen molar-refractivity contribution in [2.45, 2.75) is 67.6 Å². The SMILES string of the molecule is O=C(O)CCCCCCCCSc1ccccc1SCCCC(=O)O. The lowest BCUT2D eigenvalue weighted by atomic mass is 10.1. The van der Waals surface area contributed by atoms with Crippen LogP contribution in [0.4, 0.5) is 0 Å². The number of benzene rings is 1. The van der Waals surface area contributed by atoms with Crippen molar-refractivity contribution in [3.8, 4) is 0 Å². The maximum absolute atomic E-state index is 10.6. The second-order valence-corrected chi connectivity index (χ2v) is 8.18. The van der Waals surface area contributed by atoms with Gasteiger partial charge in [0, 0.05) is 22.6 Å². The van der Waals surface area contributed by atoms with E-state index in [1.807, 2.05) is 23.9 Å². The fraction of sp³-hybridized carbons (Fsp3) is 0.579. The molecular formula is C19H28O4S2. The molecule has 0 atom stereocenters. The van der Waals surface area contributed by atoms with Crippen LogP contribution in [0.25, 0.3) is 0 Å². The standard InChI is InChI=1S/C19H28O4S2/c20-18(21)12-5-3-1-2-4-8-14-24-16-10-6-7-11-17(16)25-15-9-13-19(22)23/h6-7,10-11H,1-5,8-9,12-15H2,(H,20,21)(H,22,23). The molecular weight excluding hydrogens is 356 g/mol. The van der Waals surface area contributed by atoms with Gasteiger partial charge in [-0.25, -0.2) is 0 Å². The zero-order chi connectivity index (χ0) is 18.3. The van der Waals surface area contributed by atoms with E-state index in [9.17, 15) is 9.59 Å². The van der Waals surface area contributed by atoms with Crippen LogP contribution in [0, 0.1) is 0 Å². The Kier molecular flexibility index (Phi) is 12.3. The molecule has 0 bridgehead atoms. The van der Waals surface area contributed by atoms with Crippen LogP contribution >= 0.6 is 23.5 Å². The molecule has 0 unspecified atom stereocenters. The second kappa shape index (κ2) is 14.1. The second-order valence-electron chi connectivity index (χ2n) is 5.91. The molecule has 0 aliphatic heterocycles. The minimum absolute atomic E-state index is 0.231. The Balaban J connectivity index is 2.13. The number of carboxylic acids is 2. The van der Waals surface area contributed by atoms with E-state index in [0.29, 0.717) is 6.42 Å². The smallest absolute Gasteiger partial charge is 0.303 e. The van der Waals surface area contributed by atoms with E-state index in [2.05, 4.69) is 12.1 Å². The Morgan fingerprint density at radius 1 is 0.680 bits per heavy atom. The van der Waals surface area contributed by atoms with Gasteiger partial charge in [0.2, 0.25) is 0 Å². The van der Waals surface area contributed by atoms with Crippen molar-refractivity contribution in [3.05, 3.63) is 24.3 Å². The van der Waals surface area contributed by atoms with Gasteiger partial charge >= 0.3 is 11.9 Å². The lowest BCUT2D eigenvalue weighted by molar-refractivity contribution is -0.138. The van der Waals surface area contributed by atoms with Crippen LogP contribution in [-0.4, -0.2) is 33.7 Å². The average Bonchev–Trinajstić information content (AvgIpc) is 2.58. The van der Waals surface area contributed by atoms with Crippen molar-refractivity contribution in [1.29, 1.82) is 0 Å². The van der Waals surface area contributed by atoms with Crippen molar-refractivity contribution < 1.29 is 19.8 Å². The normalized spacial score (nSPS) is 10.7. The summed E-state index contributed by atoms with van der Waals surface area (Å²) in [6.07, 6.45) is 7.66. The number of carboxylic acid groups (broad SMARTS) is 2. The van der Waals surface area contributed by atoms with Crippen LogP contribution in [0.15, 0.2) is 34.1 Å². The monoisotopic (exact) mass is 384 g/mol. The Morgan fingerprint density at radius 2 is 1.12 bits per heavy atom. The van der Waals surface area contributed by atoms with Gasteiger partial charge in [0.05, 0.1) is 0 Å². The molecule has 2 N–H and O–H groups in total. The summed E-state index contributed by atoms with van der Waals surface area (Å²) < 4.78 is 0. The Morgan fingerprint density at radius 3 is 1.68 bits per heavy atom. The molecule has 1 rings (SSSR count). The van der Waals surface area contributed by atoms with Gasteiger partial charge in [0.25, 0.3) is 0 Å². The topological polar surface area (TPSA) is 74.6 Å². The first-order chi connectivity index (χ1) is 12.1. The molecule has 0 radical (unpaired) electrons. The van der Waals surface area contributed by atoms with Crippen molar-refractivity contribution in [2.24, 2.45) is 0 Å². The Bertz CT molecular complexity index is 520. The minimum atomic E-state index is -0.730. The van der Waals surface area contributed by atoms with Crippen LogP contribution < -0.4 is 0 Å². The molecule has 0 saturated heterocycles. The molecule has 140 valence electrons. The number of rotatable bonds is 15. The van der Waals surface area contributed by atoms with Gasteiger partial charge in [-0.2, -0.15) is 0 Å². The number of hydrogen-bond donors (Lipinski definition) is 2. The first kappa shape index (κ1) is 21.9. The number of carbonyl (C=O) groups is 2. The largest absolute Gasteiger partial charge is 0.481 e. The maximum atomic E-state index is 10.6. The minimum Gasteiger partial charge on any atom is -0.481 e. The molecule has 0 aromatic heterocycles. The quantitative estimate of drug-likeness (QED) is 0.305. The predicted octanol–water partition coefficient (Wildman–Crippen LogP) is 5.55. The van der Waals surface area contributed by atoms with E-state index in [1.54, 1.807) is 11.8 Å². The van der Waals surface area contributed by atoms with Crippen molar-refractivity contribution in [2.75, 3.05) is 11.5 Å². The summed E-state index contributed by atoms with van der Waals surface area (Å²) in [5.74, 6) is 0.490. The molecule has 1 aromatic carbocycles. The summed E-state index contributed by atoms with van der Waals surface area (Å²) in [7, 11) is 0. The lowest BCUT2D eigenvalue weighted by Crippen LogP contribution is -1.95. The average molecular weight is 385 g/mol. The van der Waals surface area contributed by atoms with Gasteiger partial charge in [0.15, 0.2) is 0 Å². The zero-order valence-electron chi connectivity index (χ0n) is 14.6. The van der Waals surface area contributed by atoms with Gasteiger partial charge in [0.1, 0.15) is 0 Å². The molecule has 0 heterocycles. The van der Waals surface area contributed by atoms with Crippen molar-refractivity contribution >= 4 is 35.5 Å². The van der Waals surface area contributed by atoms with Gasteiger partial charge in [-0.3, -0.25) is 9.59 Å². The highest BCUT2D eigenvalue weighted by Crippen LogP contribution is 2.32. The summed E-state index contributed by atoms with van der Waals surface area (Å²) in [5, 5.41) is 17.3. The van der Waals surface area contributed by atoms with Gasteiger partial charge in [-0.05, 0) is 42.9 Å². The summed E-state index contributed by atoms with van der Waals surface area (Å²) >= 11 is 3.61. The first-order valence-electron chi connectivity index (χ1n) is 8.88. The third-order valence-electron chi connectivity index (χ3n) is 3.68. The fourth-order valence-corrected chi connectivity index (χ4v) is 4.56. The number of aliphatic carboxylic acids is 2. The summed E-state index contributed by atoms with van der Waals surface area (Å²) in [4.78, 5) is 23.5. The Labute approximate surface area is 158 Å². The van der Waals surface area contributed by atoms with E-state index >= 15 is 0 Å². The van der Waals surface area contributed by atoms with E-state index in [4.69, 9.17) is 10.2 Å². The number of unbranched alkanes of at least 4 members (excludes halogenated alkanes) is 5. The van der Waals surface area contributed by atoms with Crippen molar-refractivity contribution in [1.82, 2.24) is 0 Å². The molecule has 0 spiro atoms. The molecule has 0 aliphatic rings. The molecule has 0 fully saturated rings. The molecule has 0 saturated carbocycles. The molecule has 25 heavy (non-hydrogen) atoms. The number of thioether (sulfide) groups is 2. The lowest BCUT2D eigenvalue weighted by Gasteiger charge is -2.08. The molecule has 0 aliphatic carbocycles. The summed E-state index contributed by atoms with van der Waals surface area (Å²) in [6.45, 7) is 0. The highest BCUT2D eigenvalue weighted by molar-refractivity contribution is 8.02. The molecule has 0 amide bonds. The molecule has 4 nitrogen and oxygen atoms in total. The van der Waals surface area contributed by atoms with E-state index in [1.165, 1.54) is 29.1 Å². The Hall–Kier alpha value is -1.14.